The molecule has 0 radical (unpaired) electrons. The van der Waals surface area contributed by atoms with Gasteiger partial charge in [0, 0.05) is 21.3 Å². The monoisotopic (exact) mass is 268 g/mol. The van der Waals surface area contributed by atoms with Gasteiger partial charge in [0.25, 0.3) is 0 Å². The van der Waals surface area contributed by atoms with E-state index in [0.717, 1.165) is 0 Å². The minimum atomic E-state index is -1.29. The van der Waals surface area contributed by atoms with Gasteiger partial charge in [0.1, 0.15) is 0 Å². The van der Waals surface area contributed by atoms with Gasteiger partial charge in [0.2, 0.25) is 0 Å². The molecular weight excluding hydrogens is 237 g/mol. The zero-order chi connectivity index (χ0) is 15.7. The van der Waals surface area contributed by atoms with Crippen molar-refractivity contribution in [2.75, 3.05) is 34.4 Å². The quantitative estimate of drug-likeness (QED) is 0.792. The van der Waals surface area contributed by atoms with Crippen LogP contribution in [0.15, 0.2) is 0 Å². The van der Waals surface area contributed by atoms with E-state index in [4.69, 9.17) is 12.2 Å². The van der Waals surface area contributed by atoms with Crippen molar-refractivity contribution >= 4 is 0 Å². The van der Waals surface area contributed by atoms with Crippen molar-refractivity contribution in [2.24, 2.45) is 17.8 Å². The highest BCUT2D eigenvalue weighted by Crippen LogP contribution is 2.34. The molecule has 1 heterocycles. The number of nitrogens with one attached hydrogen (secondary N) is 1. The minimum Gasteiger partial charge on any atom is -0.388 e. The summed E-state index contributed by atoms with van der Waals surface area (Å²) in [5, 5.41) is 0. The molecule has 0 aliphatic carbocycles. The lowest BCUT2D eigenvalue weighted by molar-refractivity contribution is -0.152. The molecule has 1 aliphatic heterocycles. The first-order chi connectivity index (χ1) is 9.38. The molecule has 0 aromatic carbocycles. The highest BCUT2D eigenvalue weighted by Gasteiger charge is 2.38. The van der Waals surface area contributed by atoms with Crippen molar-refractivity contribution in [3.05, 3.63) is 0 Å². The second-order valence-corrected chi connectivity index (χ2v) is 4.87. The molecule has 0 aromatic rings. The average molecular weight is 268 g/mol. The van der Waals surface area contributed by atoms with Crippen molar-refractivity contribution in [3.8, 4) is 0 Å². The number of hydrogen-bond acceptors (Lipinski definition) is 4. The van der Waals surface area contributed by atoms with Crippen LogP contribution in [0.25, 0.3) is 0 Å². The smallest absolute Gasteiger partial charge is 0.0841 e. The summed E-state index contributed by atoms with van der Waals surface area (Å²) in [6.45, 7) is 6.63. The van der Waals surface area contributed by atoms with Crippen molar-refractivity contribution < 1.29 is 21.4 Å². The number of methoxy groups -OCH3 is 2. The highest BCUT2D eigenvalue weighted by molar-refractivity contribution is 4.86. The maximum atomic E-state index is 12.2. The molecule has 0 aromatic heterocycles. The first-order valence-electron chi connectivity index (χ1n) is 7.39. The molecule has 6 atom stereocenters. The summed E-state index contributed by atoms with van der Waals surface area (Å²) in [6.07, 6.45) is -0.354. The van der Waals surface area contributed by atoms with Crippen LogP contribution >= 0.6 is 0 Å². The van der Waals surface area contributed by atoms with E-state index in [1.807, 2.05) is 0 Å². The largest absolute Gasteiger partial charge is 0.388 e. The van der Waals surface area contributed by atoms with Gasteiger partial charge >= 0.3 is 0 Å². The van der Waals surface area contributed by atoms with E-state index in [1.54, 1.807) is 19.8 Å². The van der Waals surface area contributed by atoms with E-state index in [-0.39, 0.29) is 37.2 Å². The van der Waals surface area contributed by atoms with E-state index < -0.39 is 7.06 Å². The normalized spacial score (nSPS) is 39.1. The third-order valence-corrected chi connectivity index (χ3v) is 3.72. The predicted octanol–water partition coefficient (Wildman–Crippen LogP) is 2.05. The fraction of sp³-hybridized carbons (Fsp3) is 1.00. The molecule has 1 fully saturated rings. The van der Waals surface area contributed by atoms with Gasteiger partial charge in [0.05, 0.1) is 28.1 Å². The molecule has 1 aliphatic rings. The van der Waals surface area contributed by atoms with Gasteiger partial charge in [-0.3, -0.25) is 0 Å². The maximum absolute atomic E-state index is 12.2. The van der Waals surface area contributed by atoms with E-state index in [2.05, 4.69) is 25.5 Å². The molecule has 4 nitrogen and oxygen atoms in total. The van der Waals surface area contributed by atoms with Gasteiger partial charge < -0.3 is 14.2 Å². The Morgan fingerprint density at radius 3 is 2.33 bits per heavy atom. The standard InChI is InChI=1S/C11H22FNO2.C2H6O/c1-7-8(2)10(5-13-12)15-11(6-14-4)9(7)3;1-3-2/h7-11,13H,5-6H2,1-4H3;1-2H3/t7-,8-,9+,10-,11-;/m1./s1/i4TD;/t4?,7-,8-,9+,10-,11-;. The molecule has 18 heavy (non-hydrogen) atoms. The molecule has 0 bridgehead atoms. The summed E-state index contributed by atoms with van der Waals surface area (Å²) in [7, 11) is 1.96. The molecule has 1 saturated heterocycles. The topological polar surface area (TPSA) is 39.7 Å². The van der Waals surface area contributed by atoms with Crippen LogP contribution < -0.4 is 5.54 Å². The van der Waals surface area contributed by atoms with Crippen LogP contribution in [0.4, 0.5) is 4.48 Å². The Morgan fingerprint density at radius 1 is 1.28 bits per heavy atom. The summed E-state index contributed by atoms with van der Waals surface area (Å²) < 4.78 is 41.2. The van der Waals surface area contributed by atoms with Crippen LogP contribution in [-0.4, -0.2) is 46.6 Å². The molecule has 5 heteroatoms. The Morgan fingerprint density at radius 2 is 1.83 bits per heavy atom. The third kappa shape index (κ3) is 5.18. The van der Waals surface area contributed by atoms with Crippen molar-refractivity contribution in [1.82, 2.24) is 5.54 Å². The second-order valence-electron chi connectivity index (χ2n) is 4.87. The molecule has 1 unspecified atom stereocenters. The van der Waals surface area contributed by atoms with E-state index >= 15 is 0 Å². The van der Waals surface area contributed by atoms with Crippen LogP contribution in [-0.2, 0) is 14.2 Å². The number of rotatable bonds is 4. The van der Waals surface area contributed by atoms with Gasteiger partial charge in [-0.15, -0.1) is 4.48 Å². The van der Waals surface area contributed by atoms with Crippen LogP contribution in [0.5, 0.6) is 0 Å². The number of halogens is 1. The van der Waals surface area contributed by atoms with Crippen molar-refractivity contribution in [2.45, 2.75) is 33.0 Å². The summed E-state index contributed by atoms with van der Waals surface area (Å²) >= 11 is 0. The van der Waals surface area contributed by atoms with E-state index in [0.29, 0.717) is 5.92 Å². The van der Waals surface area contributed by atoms with Crippen LogP contribution in [0.1, 0.15) is 23.5 Å². The highest BCUT2D eigenvalue weighted by atomic mass is 19.2. The molecule has 0 amide bonds. The lowest BCUT2D eigenvalue weighted by atomic mass is 9.76. The lowest BCUT2D eigenvalue weighted by Gasteiger charge is -2.43. The number of ether oxygens (including phenoxy) is 3. The minimum absolute atomic E-state index is 0.167. The van der Waals surface area contributed by atoms with Crippen molar-refractivity contribution in [3.63, 3.8) is 0 Å². The van der Waals surface area contributed by atoms with E-state index in [9.17, 15) is 4.48 Å². The first kappa shape index (κ1) is 14.2. The molecule has 1 N–H and O–H groups in total. The van der Waals surface area contributed by atoms with Crippen molar-refractivity contribution in [1.29, 1.82) is 0 Å². The Hall–Kier alpha value is -0.230. The Balaban J connectivity index is 0.00000110. The summed E-state index contributed by atoms with van der Waals surface area (Å²) in [5.74, 6) is 0.942. The van der Waals surface area contributed by atoms with Crippen LogP contribution in [0, 0.1) is 17.8 Å². The first-order valence-corrected chi connectivity index (χ1v) is 6.24. The van der Waals surface area contributed by atoms with Crippen LogP contribution in [0.2, 0.25) is 0 Å². The SMILES string of the molecule is COC.[2H]C([3H])OC[C@H]1O[C@H](CNF)[C@H](C)[C@@H](C)[C@@H]1C. The maximum Gasteiger partial charge on any atom is 0.0841 e. The third-order valence-electron chi connectivity index (χ3n) is 3.72. The second kappa shape index (κ2) is 9.67. The molecule has 0 saturated carbocycles. The molecule has 1 rings (SSSR count). The van der Waals surface area contributed by atoms with Gasteiger partial charge in [-0.1, -0.05) is 20.8 Å². The summed E-state index contributed by atoms with van der Waals surface area (Å²) in [5.41, 5.74) is 1.65. The van der Waals surface area contributed by atoms with Gasteiger partial charge in [-0.2, -0.15) is 5.54 Å². The Kier molecular flexibility index (Phi) is 7.62. The van der Waals surface area contributed by atoms with Gasteiger partial charge in [-0.05, 0) is 17.8 Å². The molecule has 0 spiro atoms. The summed E-state index contributed by atoms with van der Waals surface area (Å²) in [6, 6.07) is 0. The predicted molar refractivity (Wildman–Crippen MR) is 70.1 cm³/mol. The van der Waals surface area contributed by atoms with Crippen LogP contribution in [0.3, 0.4) is 0 Å². The van der Waals surface area contributed by atoms with Gasteiger partial charge in [-0.25, -0.2) is 0 Å². The fourth-order valence-corrected chi connectivity index (χ4v) is 2.22. The lowest BCUT2D eigenvalue weighted by Crippen LogP contribution is -2.49. The Bertz CT molecular complexity index is 250. The summed E-state index contributed by atoms with van der Waals surface area (Å²) in [4.78, 5) is 0. The molecule has 110 valence electrons. The Labute approximate surface area is 113 Å². The zero-order valence-corrected chi connectivity index (χ0v) is 12.0. The van der Waals surface area contributed by atoms with Gasteiger partial charge in [0.15, 0.2) is 0 Å². The average Bonchev–Trinajstić information content (AvgIpc) is 2.39. The number of hydrogen-bond donors (Lipinski definition) is 1. The zero-order valence-electron chi connectivity index (χ0n) is 14.0. The fourth-order valence-electron chi connectivity index (χ4n) is 2.22. The molecular formula is C13H28FNO3. The van der Waals surface area contributed by atoms with E-state index in [1.165, 1.54) is 0 Å².